The van der Waals surface area contributed by atoms with Gasteiger partial charge in [0, 0.05) is 20.0 Å². The molecule has 3 rings (SSSR count). The molecule has 1 heterocycles. The lowest BCUT2D eigenvalue weighted by molar-refractivity contribution is -0.153. The Balaban J connectivity index is 1.70. The predicted octanol–water partition coefficient (Wildman–Crippen LogP) is 3.82. The summed E-state index contributed by atoms with van der Waals surface area (Å²) in [6.07, 6.45) is 4.97. The number of rotatable bonds is 5. The highest BCUT2D eigenvalue weighted by Gasteiger charge is 2.44. The molecule has 0 radical (unpaired) electrons. The number of carbonyl (C=O) groups excluding carboxylic acids is 2. The van der Waals surface area contributed by atoms with E-state index in [2.05, 4.69) is 0 Å². The van der Waals surface area contributed by atoms with Gasteiger partial charge in [0.2, 0.25) is 5.91 Å². The molecule has 140 valence electrons. The number of hydrogen-bond acceptors (Lipinski definition) is 3. The van der Waals surface area contributed by atoms with Gasteiger partial charge in [-0.1, -0.05) is 66.7 Å². The van der Waals surface area contributed by atoms with Crippen LogP contribution in [-0.4, -0.2) is 36.5 Å². The van der Waals surface area contributed by atoms with E-state index in [1.165, 1.54) is 0 Å². The van der Waals surface area contributed by atoms with Crippen molar-refractivity contribution in [1.82, 2.24) is 4.90 Å². The number of ether oxygens (including phenoxy) is 1. The molecule has 0 aromatic heterocycles. The molecule has 0 atom stereocenters. The van der Waals surface area contributed by atoms with Crippen LogP contribution in [0.3, 0.4) is 0 Å². The Bertz CT molecular complexity index is 791. The summed E-state index contributed by atoms with van der Waals surface area (Å²) in [6, 6.07) is 19.7. The first kappa shape index (κ1) is 18.9. The zero-order chi connectivity index (χ0) is 19.1. The Kier molecular flexibility index (Phi) is 6.07. The van der Waals surface area contributed by atoms with Crippen LogP contribution in [0.4, 0.5) is 0 Å². The zero-order valence-electron chi connectivity index (χ0n) is 15.6. The molecule has 4 nitrogen and oxygen atoms in total. The molecule has 2 aromatic rings. The number of nitrogens with zero attached hydrogens (tertiary/aromatic N) is 1. The molecule has 1 aliphatic rings. The highest BCUT2D eigenvalue weighted by molar-refractivity contribution is 5.84. The number of amides is 1. The van der Waals surface area contributed by atoms with Crippen molar-refractivity contribution < 1.29 is 14.3 Å². The van der Waals surface area contributed by atoms with Gasteiger partial charge in [-0.3, -0.25) is 9.59 Å². The quantitative estimate of drug-likeness (QED) is 0.759. The van der Waals surface area contributed by atoms with Crippen molar-refractivity contribution >= 4 is 18.0 Å². The minimum atomic E-state index is -0.687. The van der Waals surface area contributed by atoms with Crippen LogP contribution in [0.25, 0.3) is 6.08 Å². The molecule has 4 heteroatoms. The summed E-state index contributed by atoms with van der Waals surface area (Å²) in [5, 5.41) is 0. The van der Waals surface area contributed by atoms with Crippen LogP contribution in [0.5, 0.6) is 0 Å². The molecule has 0 saturated carbocycles. The number of carbonyl (C=O) groups is 2. The third kappa shape index (κ3) is 4.45. The molecule has 1 saturated heterocycles. The van der Waals surface area contributed by atoms with E-state index in [9.17, 15) is 9.59 Å². The van der Waals surface area contributed by atoms with Crippen LogP contribution in [0.15, 0.2) is 66.7 Å². The summed E-state index contributed by atoms with van der Waals surface area (Å²) >= 11 is 0. The first-order valence-electron chi connectivity index (χ1n) is 9.32. The average Bonchev–Trinajstić information content (AvgIpc) is 2.72. The monoisotopic (exact) mass is 363 g/mol. The maximum atomic E-state index is 13.0. The SMILES string of the molecule is CC(=O)N1CCC(C(=O)OC/C=C/c2ccccc2)(c2ccccc2)CC1. The second kappa shape index (κ2) is 8.67. The second-order valence-electron chi connectivity index (χ2n) is 6.87. The number of esters is 1. The lowest BCUT2D eigenvalue weighted by Gasteiger charge is -2.40. The van der Waals surface area contributed by atoms with Gasteiger partial charge in [-0.15, -0.1) is 0 Å². The third-order valence-corrected chi connectivity index (χ3v) is 5.20. The summed E-state index contributed by atoms with van der Waals surface area (Å²) in [4.78, 5) is 26.5. The standard InChI is InChI=1S/C23H25NO3/c1-19(25)24-16-14-23(15-17-24,21-12-6-3-7-13-21)22(26)27-18-8-11-20-9-4-2-5-10-20/h2-13H,14-18H2,1H3/b11-8+. The van der Waals surface area contributed by atoms with Crippen LogP contribution < -0.4 is 0 Å². The van der Waals surface area contributed by atoms with Crippen molar-refractivity contribution in [2.24, 2.45) is 0 Å². The van der Waals surface area contributed by atoms with Crippen LogP contribution >= 0.6 is 0 Å². The fourth-order valence-corrected chi connectivity index (χ4v) is 3.58. The van der Waals surface area contributed by atoms with E-state index >= 15 is 0 Å². The first-order chi connectivity index (χ1) is 13.1. The van der Waals surface area contributed by atoms with Gasteiger partial charge in [-0.2, -0.15) is 0 Å². The molecular weight excluding hydrogens is 338 g/mol. The summed E-state index contributed by atoms with van der Waals surface area (Å²) in [5.41, 5.74) is 1.35. The summed E-state index contributed by atoms with van der Waals surface area (Å²) < 4.78 is 5.63. The van der Waals surface area contributed by atoms with Gasteiger partial charge in [0.1, 0.15) is 6.61 Å². The minimum absolute atomic E-state index is 0.0517. The Labute approximate surface area is 160 Å². The summed E-state index contributed by atoms with van der Waals surface area (Å²) in [6.45, 7) is 2.94. The summed E-state index contributed by atoms with van der Waals surface area (Å²) in [5.74, 6) is -0.162. The molecule has 0 unspecified atom stereocenters. The molecule has 1 aliphatic heterocycles. The van der Waals surface area contributed by atoms with E-state index in [-0.39, 0.29) is 18.5 Å². The lowest BCUT2D eigenvalue weighted by atomic mass is 9.72. The summed E-state index contributed by atoms with van der Waals surface area (Å²) in [7, 11) is 0. The fraction of sp³-hybridized carbons (Fsp3) is 0.304. The molecule has 0 N–H and O–H groups in total. The predicted molar refractivity (Wildman–Crippen MR) is 106 cm³/mol. The van der Waals surface area contributed by atoms with Crippen LogP contribution in [0.2, 0.25) is 0 Å². The van der Waals surface area contributed by atoms with E-state index in [0.29, 0.717) is 25.9 Å². The van der Waals surface area contributed by atoms with Crippen LogP contribution in [0.1, 0.15) is 30.9 Å². The molecule has 2 aromatic carbocycles. The molecular formula is C23H25NO3. The maximum Gasteiger partial charge on any atom is 0.317 e. The molecule has 1 fully saturated rings. The van der Waals surface area contributed by atoms with Crippen molar-refractivity contribution in [1.29, 1.82) is 0 Å². The van der Waals surface area contributed by atoms with Crippen molar-refractivity contribution in [3.8, 4) is 0 Å². The molecule has 0 spiro atoms. The van der Waals surface area contributed by atoms with Gasteiger partial charge in [0.05, 0.1) is 5.41 Å². The van der Waals surface area contributed by atoms with Crippen molar-refractivity contribution in [2.75, 3.05) is 19.7 Å². The van der Waals surface area contributed by atoms with Crippen LogP contribution in [0, 0.1) is 0 Å². The van der Waals surface area contributed by atoms with Gasteiger partial charge < -0.3 is 9.64 Å². The highest BCUT2D eigenvalue weighted by atomic mass is 16.5. The highest BCUT2D eigenvalue weighted by Crippen LogP contribution is 2.37. The van der Waals surface area contributed by atoms with E-state index < -0.39 is 5.41 Å². The van der Waals surface area contributed by atoms with Gasteiger partial charge in [-0.25, -0.2) is 0 Å². The van der Waals surface area contributed by atoms with E-state index in [1.54, 1.807) is 11.8 Å². The van der Waals surface area contributed by atoms with Crippen LogP contribution in [-0.2, 0) is 19.7 Å². The Morgan fingerprint density at radius 2 is 1.59 bits per heavy atom. The van der Waals surface area contributed by atoms with Gasteiger partial charge >= 0.3 is 5.97 Å². The molecule has 0 aliphatic carbocycles. The van der Waals surface area contributed by atoms with Gasteiger partial charge in [0.25, 0.3) is 0 Å². The number of piperidine rings is 1. The van der Waals surface area contributed by atoms with E-state index in [0.717, 1.165) is 11.1 Å². The molecule has 1 amide bonds. The Hall–Kier alpha value is -2.88. The van der Waals surface area contributed by atoms with Gasteiger partial charge in [-0.05, 0) is 30.0 Å². The average molecular weight is 363 g/mol. The van der Waals surface area contributed by atoms with E-state index in [4.69, 9.17) is 4.74 Å². The molecule has 0 bridgehead atoms. The van der Waals surface area contributed by atoms with E-state index in [1.807, 2.05) is 72.8 Å². The Morgan fingerprint density at radius 1 is 1.00 bits per heavy atom. The van der Waals surface area contributed by atoms with Crippen molar-refractivity contribution in [2.45, 2.75) is 25.2 Å². The van der Waals surface area contributed by atoms with Gasteiger partial charge in [0.15, 0.2) is 0 Å². The zero-order valence-corrected chi connectivity index (χ0v) is 15.6. The lowest BCUT2D eigenvalue weighted by Crippen LogP contribution is -2.49. The largest absolute Gasteiger partial charge is 0.461 e. The second-order valence-corrected chi connectivity index (χ2v) is 6.87. The Morgan fingerprint density at radius 3 is 2.19 bits per heavy atom. The third-order valence-electron chi connectivity index (χ3n) is 5.20. The van der Waals surface area contributed by atoms with Crippen molar-refractivity contribution in [3.05, 3.63) is 77.9 Å². The number of benzene rings is 2. The fourth-order valence-electron chi connectivity index (χ4n) is 3.58. The minimum Gasteiger partial charge on any atom is -0.461 e. The first-order valence-corrected chi connectivity index (χ1v) is 9.32. The van der Waals surface area contributed by atoms with Crippen molar-refractivity contribution in [3.63, 3.8) is 0 Å². The number of likely N-dealkylation sites (tertiary alicyclic amines) is 1. The maximum absolute atomic E-state index is 13.0. The number of hydrogen-bond donors (Lipinski definition) is 0. The normalized spacial score (nSPS) is 16.3. The molecule has 27 heavy (non-hydrogen) atoms. The smallest absolute Gasteiger partial charge is 0.317 e. The topological polar surface area (TPSA) is 46.6 Å².